The van der Waals surface area contributed by atoms with Crippen LogP contribution in [0.4, 0.5) is 13.2 Å². The molecule has 0 saturated heterocycles. The van der Waals surface area contributed by atoms with Gasteiger partial charge in [-0.05, 0) is 82.9 Å². The lowest BCUT2D eigenvalue weighted by atomic mass is 9.94. The minimum absolute atomic E-state index is 0.131. The van der Waals surface area contributed by atoms with Crippen LogP contribution in [-0.2, 0) is 6.18 Å². The number of nitrogens with zero attached hydrogens (tertiary/aromatic N) is 4. The van der Waals surface area contributed by atoms with Crippen molar-refractivity contribution < 1.29 is 13.2 Å². The van der Waals surface area contributed by atoms with Crippen molar-refractivity contribution in [3.63, 3.8) is 0 Å². The zero-order valence-electron chi connectivity index (χ0n) is 30.7. The summed E-state index contributed by atoms with van der Waals surface area (Å²) < 4.78 is 46.3. The summed E-state index contributed by atoms with van der Waals surface area (Å²) in [6.07, 6.45) is -4.65. The Labute approximate surface area is 331 Å². The number of hydrogen-bond acceptors (Lipinski definition) is 2. The molecule has 0 N–H and O–H groups in total. The highest BCUT2D eigenvalue weighted by Crippen LogP contribution is 2.43. The van der Waals surface area contributed by atoms with Gasteiger partial charge in [0, 0.05) is 32.7 Å². The molecule has 8 aromatic carbocycles. The molecule has 7 heteroatoms. The first-order valence-corrected chi connectivity index (χ1v) is 18.7. The molecule has 0 bridgehead atoms. The van der Waals surface area contributed by atoms with E-state index in [1.165, 1.54) is 6.07 Å². The number of rotatable bonds is 5. The molecule has 0 saturated carbocycles. The Balaban J connectivity index is 1.30. The van der Waals surface area contributed by atoms with Crippen LogP contribution in [0.15, 0.2) is 176 Å². The molecule has 2 aromatic heterocycles. The predicted octanol–water partition coefficient (Wildman–Crippen LogP) is 13.6. The molecule has 0 unspecified atom stereocenters. The van der Waals surface area contributed by atoms with Crippen LogP contribution < -0.4 is 0 Å². The van der Waals surface area contributed by atoms with Gasteiger partial charge in [0.1, 0.15) is 6.07 Å². The molecule has 0 fully saturated rings. The fraction of sp³-hybridized carbons (Fsp3) is 0.0196. The summed E-state index contributed by atoms with van der Waals surface area (Å²) in [4.78, 5) is 0. The van der Waals surface area contributed by atoms with Gasteiger partial charge in [-0.2, -0.15) is 23.7 Å². The standard InChI is InChI=1S/C51H29F3N4/c52-51(53,54)38-21-22-39(36(25-38)30-55)44-29-49(57-45-17-9-7-15-40(45)42-26-34(19-23-47(42)57)32-11-3-1-4-12-32)37(31-56)28-50(44)58-46-18-10-8-16-41(46)43-27-35(20-24-48(43)58)33-13-5-2-6-14-33/h1-29H. The van der Waals surface area contributed by atoms with Crippen LogP contribution >= 0.6 is 0 Å². The van der Waals surface area contributed by atoms with E-state index in [-0.39, 0.29) is 5.56 Å². The van der Waals surface area contributed by atoms with Crippen molar-refractivity contribution >= 4 is 43.6 Å². The molecule has 58 heavy (non-hydrogen) atoms. The average Bonchev–Trinajstić information content (AvgIpc) is 3.78. The second-order valence-corrected chi connectivity index (χ2v) is 14.3. The summed E-state index contributed by atoms with van der Waals surface area (Å²) in [5.41, 5.74) is 8.82. The number of fused-ring (bicyclic) bond motifs is 6. The van der Waals surface area contributed by atoms with Gasteiger partial charge in [0.15, 0.2) is 0 Å². The SMILES string of the molecule is N#Cc1cc(C(F)(F)F)ccc1-c1cc(-n2c3ccccc3c3cc(-c4ccccc4)ccc32)c(C#N)cc1-n1c2ccccc2c2cc(-c3ccccc3)ccc21. The van der Waals surface area contributed by atoms with Crippen LogP contribution in [0.3, 0.4) is 0 Å². The summed E-state index contributed by atoms with van der Waals surface area (Å²) in [6.45, 7) is 0. The molecule has 0 amide bonds. The minimum Gasteiger partial charge on any atom is -0.309 e. The second kappa shape index (κ2) is 13.4. The first-order chi connectivity index (χ1) is 28.3. The maximum absolute atomic E-state index is 14.1. The highest BCUT2D eigenvalue weighted by molar-refractivity contribution is 6.12. The topological polar surface area (TPSA) is 57.4 Å². The number of nitriles is 2. The van der Waals surface area contributed by atoms with E-state index in [0.717, 1.165) is 78.0 Å². The van der Waals surface area contributed by atoms with Gasteiger partial charge in [0.25, 0.3) is 0 Å². The smallest absolute Gasteiger partial charge is 0.309 e. The summed E-state index contributed by atoms with van der Waals surface area (Å²) in [7, 11) is 0. The zero-order valence-corrected chi connectivity index (χ0v) is 30.7. The van der Waals surface area contributed by atoms with Gasteiger partial charge in [0.2, 0.25) is 0 Å². The summed E-state index contributed by atoms with van der Waals surface area (Å²) in [5.74, 6) is 0. The lowest BCUT2D eigenvalue weighted by molar-refractivity contribution is -0.137. The third-order valence-corrected chi connectivity index (χ3v) is 11.0. The van der Waals surface area contributed by atoms with E-state index in [0.29, 0.717) is 28.1 Å². The lowest BCUT2D eigenvalue weighted by Gasteiger charge is -2.20. The Morgan fingerprint density at radius 2 is 0.862 bits per heavy atom. The second-order valence-electron chi connectivity index (χ2n) is 14.3. The minimum atomic E-state index is -4.65. The number of aromatic nitrogens is 2. The van der Waals surface area contributed by atoms with Crippen LogP contribution in [0, 0.1) is 22.7 Å². The van der Waals surface area contributed by atoms with E-state index in [1.54, 1.807) is 6.07 Å². The third kappa shape index (κ3) is 5.52. The molecule has 0 aliphatic heterocycles. The van der Waals surface area contributed by atoms with Gasteiger partial charge in [-0.3, -0.25) is 0 Å². The number of benzene rings is 8. The number of hydrogen-bond donors (Lipinski definition) is 0. The average molecular weight is 755 g/mol. The molecule has 0 atom stereocenters. The Bertz CT molecular complexity index is 3340. The third-order valence-electron chi connectivity index (χ3n) is 11.0. The van der Waals surface area contributed by atoms with Gasteiger partial charge in [-0.25, -0.2) is 0 Å². The first kappa shape index (κ1) is 34.6. The molecule has 274 valence electrons. The van der Waals surface area contributed by atoms with Gasteiger partial charge in [0.05, 0.1) is 56.2 Å². The van der Waals surface area contributed by atoms with Crippen molar-refractivity contribution in [3.05, 3.63) is 193 Å². The Kier molecular flexibility index (Phi) is 8.00. The summed E-state index contributed by atoms with van der Waals surface area (Å²) in [5, 5.41) is 25.3. The van der Waals surface area contributed by atoms with Gasteiger partial charge in [-0.1, -0.05) is 115 Å². The normalized spacial score (nSPS) is 11.7. The zero-order chi connectivity index (χ0) is 39.5. The Hall–Kier alpha value is -7.87. The number of alkyl halides is 3. The van der Waals surface area contributed by atoms with Crippen LogP contribution in [-0.4, -0.2) is 9.13 Å². The number of para-hydroxylation sites is 2. The van der Waals surface area contributed by atoms with E-state index < -0.39 is 11.7 Å². The van der Waals surface area contributed by atoms with Crippen LogP contribution in [0.2, 0.25) is 0 Å². The highest BCUT2D eigenvalue weighted by Gasteiger charge is 2.32. The van der Waals surface area contributed by atoms with Crippen molar-refractivity contribution in [3.8, 4) is 56.9 Å². The molecule has 0 aliphatic carbocycles. The molecule has 0 spiro atoms. The molecular weight excluding hydrogens is 726 g/mol. The Morgan fingerprint density at radius 3 is 1.38 bits per heavy atom. The summed E-state index contributed by atoms with van der Waals surface area (Å²) in [6, 6.07) is 60.1. The predicted molar refractivity (Wildman–Crippen MR) is 226 cm³/mol. The molecule has 0 aliphatic rings. The van der Waals surface area contributed by atoms with Gasteiger partial charge >= 0.3 is 6.18 Å². The molecule has 10 rings (SSSR count). The van der Waals surface area contributed by atoms with Gasteiger partial charge in [-0.15, -0.1) is 0 Å². The van der Waals surface area contributed by atoms with E-state index in [2.05, 4.69) is 65.2 Å². The van der Waals surface area contributed by atoms with E-state index >= 15 is 0 Å². The molecule has 2 heterocycles. The maximum atomic E-state index is 14.1. The summed E-state index contributed by atoms with van der Waals surface area (Å²) >= 11 is 0. The maximum Gasteiger partial charge on any atom is 0.416 e. The highest BCUT2D eigenvalue weighted by atomic mass is 19.4. The van der Waals surface area contributed by atoms with E-state index in [4.69, 9.17) is 0 Å². The van der Waals surface area contributed by atoms with Crippen LogP contribution in [0.25, 0.3) is 88.4 Å². The molecular formula is C51H29F3N4. The van der Waals surface area contributed by atoms with Crippen LogP contribution in [0.5, 0.6) is 0 Å². The molecule has 0 radical (unpaired) electrons. The van der Waals surface area contributed by atoms with Gasteiger partial charge < -0.3 is 9.13 Å². The van der Waals surface area contributed by atoms with Crippen molar-refractivity contribution in [1.29, 1.82) is 10.5 Å². The Morgan fingerprint density at radius 1 is 0.379 bits per heavy atom. The molecule has 10 aromatic rings. The first-order valence-electron chi connectivity index (χ1n) is 18.7. The monoisotopic (exact) mass is 754 g/mol. The fourth-order valence-electron chi connectivity index (χ4n) is 8.39. The largest absolute Gasteiger partial charge is 0.416 e. The molecule has 4 nitrogen and oxygen atoms in total. The van der Waals surface area contributed by atoms with E-state index in [9.17, 15) is 23.7 Å². The fourth-order valence-corrected chi connectivity index (χ4v) is 8.39. The van der Waals surface area contributed by atoms with E-state index in [1.807, 2.05) is 108 Å². The van der Waals surface area contributed by atoms with Crippen LogP contribution in [0.1, 0.15) is 16.7 Å². The van der Waals surface area contributed by atoms with Crippen molar-refractivity contribution in [2.75, 3.05) is 0 Å². The number of halogens is 3. The van der Waals surface area contributed by atoms with Crippen molar-refractivity contribution in [2.24, 2.45) is 0 Å². The lowest BCUT2D eigenvalue weighted by Crippen LogP contribution is -2.07. The van der Waals surface area contributed by atoms with Crippen molar-refractivity contribution in [1.82, 2.24) is 9.13 Å². The van der Waals surface area contributed by atoms with Crippen molar-refractivity contribution in [2.45, 2.75) is 6.18 Å². The quantitative estimate of drug-likeness (QED) is 0.176.